The molecule has 0 amide bonds. The summed E-state index contributed by atoms with van der Waals surface area (Å²) < 4.78 is 5.42. The van der Waals surface area contributed by atoms with Crippen molar-refractivity contribution in [3.8, 4) is 0 Å². The van der Waals surface area contributed by atoms with Gasteiger partial charge in [0, 0.05) is 0 Å². The average molecular weight is 286 g/mol. The molecule has 0 aromatic heterocycles. The average Bonchev–Trinajstić information content (AvgIpc) is 2.28. The molecule has 0 bridgehead atoms. The summed E-state index contributed by atoms with van der Waals surface area (Å²) in [6.45, 7) is 11.0. The van der Waals surface area contributed by atoms with Gasteiger partial charge in [0.15, 0.2) is 5.41 Å². The van der Waals surface area contributed by atoms with Gasteiger partial charge < -0.3 is 9.84 Å². The lowest BCUT2D eigenvalue weighted by molar-refractivity contribution is -0.181. The fourth-order valence-electron chi connectivity index (χ4n) is 2.56. The smallest absolute Gasteiger partial charge is 0.324 e. The predicted octanol–water partition coefficient (Wildman–Crippen LogP) is 4.03. The summed E-state index contributed by atoms with van der Waals surface area (Å²) >= 11 is 0. The molecule has 0 aliphatic heterocycles. The van der Waals surface area contributed by atoms with Crippen molar-refractivity contribution < 1.29 is 19.4 Å². The Labute approximate surface area is 122 Å². The molecule has 4 heteroatoms. The Morgan fingerprint density at radius 3 is 2.05 bits per heavy atom. The first-order chi connectivity index (χ1) is 9.13. The van der Waals surface area contributed by atoms with Crippen LogP contribution in [0.3, 0.4) is 0 Å². The molecule has 0 fully saturated rings. The minimum Gasteiger partial charge on any atom is -0.480 e. The third-order valence-corrected chi connectivity index (χ3v) is 4.05. The maximum Gasteiger partial charge on any atom is 0.324 e. The second-order valence-electron chi connectivity index (χ2n) is 6.53. The number of ether oxygens (including phenoxy) is 1. The molecule has 0 heterocycles. The minimum absolute atomic E-state index is 0.229. The van der Waals surface area contributed by atoms with Crippen LogP contribution in [0.15, 0.2) is 0 Å². The summed E-state index contributed by atoms with van der Waals surface area (Å²) in [5, 5.41) is 9.56. The van der Waals surface area contributed by atoms with Crippen LogP contribution >= 0.6 is 0 Å². The van der Waals surface area contributed by atoms with Gasteiger partial charge in [-0.3, -0.25) is 9.59 Å². The van der Waals surface area contributed by atoms with E-state index in [0.717, 1.165) is 25.7 Å². The Morgan fingerprint density at radius 2 is 1.70 bits per heavy atom. The van der Waals surface area contributed by atoms with E-state index >= 15 is 0 Å². The summed E-state index contributed by atoms with van der Waals surface area (Å²) in [6, 6.07) is 0. The third kappa shape index (κ3) is 4.22. The van der Waals surface area contributed by atoms with Crippen molar-refractivity contribution in [3.05, 3.63) is 0 Å². The molecule has 20 heavy (non-hydrogen) atoms. The number of hydrogen-bond acceptors (Lipinski definition) is 3. The van der Waals surface area contributed by atoms with E-state index in [1.807, 2.05) is 6.92 Å². The van der Waals surface area contributed by atoms with Crippen LogP contribution in [-0.4, -0.2) is 23.1 Å². The van der Waals surface area contributed by atoms with Crippen molar-refractivity contribution in [2.24, 2.45) is 10.8 Å². The first-order valence-corrected chi connectivity index (χ1v) is 7.58. The Balaban J connectivity index is 4.95. The van der Waals surface area contributed by atoms with Crippen LogP contribution in [0.4, 0.5) is 0 Å². The summed E-state index contributed by atoms with van der Waals surface area (Å²) in [5.41, 5.74) is -2.17. The molecule has 2 unspecified atom stereocenters. The number of esters is 1. The fourth-order valence-corrected chi connectivity index (χ4v) is 2.56. The highest BCUT2D eigenvalue weighted by Crippen LogP contribution is 2.43. The Kier molecular flexibility index (Phi) is 7.25. The first-order valence-electron chi connectivity index (χ1n) is 7.58. The molecular formula is C16H30O4. The summed E-state index contributed by atoms with van der Waals surface area (Å²) in [6.07, 6.45) is 3.97. The number of rotatable bonds is 8. The van der Waals surface area contributed by atoms with Gasteiger partial charge in [0.1, 0.15) is 0 Å². The Bertz CT molecular complexity index is 330. The fraction of sp³-hybridized carbons (Fsp3) is 0.875. The molecule has 0 radical (unpaired) electrons. The normalized spacial score (nSPS) is 16.3. The maximum absolute atomic E-state index is 12.4. The lowest BCUT2D eigenvalue weighted by Gasteiger charge is -2.38. The zero-order chi connectivity index (χ0) is 16.0. The number of hydrogen-bond donors (Lipinski definition) is 1. The molecule has 0 aromatic carbocycles. The largest absolute Gasteiger partial charge is 0.480 e. The molecule has 0 saturated heterocycles. The van der Waals surface area contributed by atoms with E-state index in [1.165, 1.54) is 0 Å². The molecule has 0 saturated carbocycles. The molecule has 118 valence electrons. The quantitative estimate of drug-likeness (QED) is 0.416. The van der Waals surface area contributed by atoms with Gasteiger partial charge in [-0.25, -0.2) is 0 Å². The number of carbonyl (C=O) groups is 2. The molecule has 2 atom stereocenters. The number of carboxylic acids is 1. The summed E-state index contributed by atoms with van der Waals surface area (Å²) in [7, 11) is 0. The maximum atomic E-state index is 12.4. The lowest BCUT2D eigenvalue weighted by Crippen LogP contribution is -2.50. The highest BCUT2D eigenvalue weighted by atomic mass is 16.5. The highest BCUT2D eigenvalue weighted by molar-refractivity contribution is 6.00. The molecule has 0 aliphatic rings. The van der Waals surface area contributed by atoms with Crippen molar-refractivity contribution in [1.82, 2.24) is 0 Å². The molecule has 0 spiro atoms. The van der Waals surface area contributed by atoms with Gasteiger partial charge in [0.2, 0.25) is 0 Å². The monoisotopic (exact) mass is 286 g/mol. The molecular weight excluding hydrogens is 256 g/mol. The van der Waals surface area contributed by atoms with Crippen molar-refractivity contribution in [2.45, 2.75) is 79.8 Å². The zero-order valence-electron chi connectivity index (χ0n) is 13.8. The van der Waals surface area contributed by atoms with E-state index in [2.05, 4.69) is 6.92 Å². The van der Waals surface area contributed by atoms with Crippen molar-refractivity contribution in [2.75, 3.05) is 0 Å². The highest BCUT2D eigenvalue weighted by Gasteiger charge is 2.55. The van der Waals surface area contributed by atoms with Gasteiger partial charge in [-0.15, -0.1) is 0 Å². The second kappa shape index (κ2) is 7.65. The van der Waals surface area contributed by atoms with Gasteiger partial charge in [0.25, 0.3) is 0 Å². The summed E-state index contributed by atoms with van der Waals surface area (Å²) in [5.74, 6) is -1.71. The Morgan fingerprint density at radius 1 is 1.15 bits per heavy atom. The van der Waals surface area contributed by atoms with E-state index in [0.29, 0.717) is 0 Å². The number of aliphatic carboxylic acids is 1. The van der Waals surface area contributed by atoms with Crippen molar-refractivity contribution >= 4 is 11.9 Å². The van der Waals surface area contributed by atoms with Gasteiger partial charge >= 0.3 is 11.9 Å². The van der Waals surface area contributed by atoms with Crippen molar-refractivity contribution in [3.63, 3.8) is 0 Å². The molecule has 4 nitrogen and oxygen atoms in total. The van der Waals surface area contributed by atoms with Crippen LogP contribution in [0.25, 0.3) is 0 Å². The standard InChI is InChI=1S/C16H30O4/c1-7-9-10-11-12(3)20-14(19)16(8-2,13(17)18)15(4,5)6/h12H,7-11H2,1-6H3,(H,17,18). The number of carbonyl (C=O) groups excluding carboxylic acids is 1. The van der Waals surface area contributed by atoms with Gasteiger partial charge in [0.05, 0.1) is 6.10 Å². The second-order valence-corrected chi connectivity index (χ2v) is 6.53. The molecule has 0 aliphatic carbocycles. The first kappa shape index (κ1) is 18.9. The van der Waals surface area contributed by atoms with Crippen LogP contribution in [-0.2, 0) is 14.3 Å². The third-order valence-electron chi connectivity index (χ3n) is 4.05. The molecule has 1 N–H and O–H groups in total. The van der Waals surface area contributed by atoms with Crippen LogP contribution in [0.2, 0.25) is 0 Å². The predicted molar refractivity (Wildman–Crippen MR) is 79.5 cm³/mol. The summed E-state index contributed by atoms with van der Waals surface area (Å²) in [4.78, 5) is 24.1. The minimum atomic E-state index is -1.48. The van der Waals surface area contributed by atoms with Gasteiger partial charge in [-0.05, 0) is 31.6 Å². The van der Waals surface area contributed by atoms with E-state index in [4.69, 9.17) is 4.74 Å². The van der Waals surface area contributed by atoms with E-state index in [-0.39, 0.29) is 12.5 Å². The van der Waals surface area contributed by atoms with Crippen LogP contribution in [0, 0.1) is 10.8 Å². The topological polar surface area (TPSA) is 63.6 Å². The molecule has 0 aromatic rings. The Hall–Kier alpha value is -1.06. The number of carboxylic acid groups (broad SMARTS) is 1. The van der Waals surface area contributed by atoms with E-state index in [1.54, 1.807) is 27.7 Å². The van der Waals surface area contributed by atoms with E-state index in [9.17, 15) is 14.7 Å². The van der Waals surface area contributed by atoms with Crippen LogP contribution in [0.1, 0.15) is 73.6 Å². The van der Waals surface area contributed by atoms with Crippen LogP contribution in [0.5, 0.6) is 0 Å². The van der Waals surface area contributed by atoms with Gasteiger partial charge in [-0.1, -0.05) is 47.5 Å². The van der Waals surface area contributed by atoms with E-state index < -0.39 is 22.8 Å². The van der Waals surface area contributed by atoms with Gasteiger partial charge in [-0.2, -0.15) is 0 Å². The zero-order valence-corrected chi connectivity index (χ0v) is 13.8. The molecule has 0 rings (SSSR count). The van der Waals surface area contributed by atoms with Crippen molar-refractivity contribution in [1.29, 1.82) is 0 Å². The number of unbranched alkanes of at least 4 members (excludes halogenated alkanes) is 2. The lowest BCUT2D eigenvalue weighted by atomic mass is 9.65. The van der Waals surface area contributed by atoms with Crippen LogP contribution < -0.4 is 0 Å². The SMILES string of the molecule is CCCCCC(C)OC(=O)C(CC)(C(=O)O)C(C)(C)C.